The van der Waals surface area contributed by atoms with Crippen molar-refractivity contribution in [1.82, 2.24) is 15.0 Å². The SMILES string of the molecule is Cc1cc(N2CCCN(c3nc(C)cnc3C)CC2)ccn1. The Labute approximate surface area is 132 Å². The second-order valence-electron chi connectivity index (χ2n) is 5.90. The summed E-state index contributed by atoms with van der Waals surface area (Å²) >= 11 is 0. The molecule has 0 N–H and O–H groups in total. The van der Waals surface area contributed by atoms with Crippen molar-refractivity contribution in [2.75, 3.05) is 36.0 Å². The van der Waals surface area contributed by atoms with Crippen LogP contribution in [-0.2, 0) is 0 Å². The fourth-order valence-electron chi connectivity index (χ4n) is 2.94. The van der Waals surface area contributed by atoms with Gasteiger partial charge < -0.3 is 9.80 Å². The number of hydrogen-bond acceptors (Lipinski definition) is 5. The Morgan fingerprint density at radius 2 is 1.68 bits per heavy atom. The van der Waals surface area contributed by atoms with Gasteiger partial charge in [0.15, 0.2) is 0 Å². The van der Waals surface area contributed by atoms with Crippen LogP contribution in [-0.4, -0.2) is 41.1 Å². The van der Waals surface area contributed by atoms with Gasteiger partial charge in [-0.3, -0.25) is 9.97 Å². The molecule has 1 saturated heterocycles. The molecule has 3 rings (SSSR count). The van der Waals surface area contributed by atoms with Gasteiger partial charge in [0.2, 0.25) is 0 Å². The molecule has 0 spiro atoms. The molecular weight excluding hydrogens is 274 g/mol. The summed E-state index contributed by atoms with van der Waals surface area (Å²) in [5.74, 6) is 1.03. The molecular formula is C17H23N5. The lowest BCUT2D eigenvalue weighted by Crippen LogP contribution is -2.31. The lowest BCUT2D eigenvalue weighted by molar-refractivity contribution is 0.786. The van der Waals surface area contributed by atoms with Gasteiger partial charge in [-0.2, -0.15) is 0 Å². The topological polar surface area (TPSA) is 45.2 Å². The molecule has 2 aromatic rings. The highest BCUT2D eigenvalue weighted by Gasteiger charge is 2.18. The van der Waals surface area contributed by atoms with E-state index in [1.54, 1.807) is 0 Å². The Morgan fingerprint density at radius 3 is 2.50 bits per heavy atom. The maximum Gasteiger partial charge on any atom is 0.150 e. The summed E-state index contributed by atoms with van der Waals surface area (Å²) < 4.78 is 0. The lowest BCUT2D eigenvalue weighted by Gasteiger charge is -2.25. The van der Waals surface area contributed by atoms with E-state index in [4.69, 9.17) is 0 Å². The molecule has 0 saturated carbocycles. The van der Waals surface area contributed by atoms with Crippen LogP contribution in [0.5, 0.6) is 0 Å². The zero-order valence-corrected chi connectivity index (χ0v) is 13.6. The number of rotatable bonds is 2. The van der Waals surface area contributed by atoms with Crippen LogP contribution in [0.15, 0.2) is 24.5 Å². The zero-order chi connectivity index (χ0) is 15.5. The van der Waals surface area contributed by atoms with Gasteiger partial charge in [0.05, 0.1) is 11.4 Å². The highest BCUT2D eigenvalue weighted by Crippen LogP contribution is 2.21. The first-order valence-electron chi connectivity index (χ1n) is 7.86. The first-order valence-corrected chi connectivity index (χ1v) is 7.86. The normalized spacial score (nSPS) is 15.8. The van der Waals surface area contributed by atoms with Crippen LogP contribution in [0.4, 0.5) is 11.5 Å². The number of anilines is 2. The average molecular weight is 297 g/mol. The average Bonchev–Trinajstić information content (AvgIpc) is 2.76. The maximum atomic E-state index is 4.68. The van der Waals surface area contributed by atoms with Gasteiger partial charge in [0, 0.05) is 50.0 Å². The molecule has 1 aliphatic rings. The fourth-order valence-corrected chi connectivity index (χ4v) is 2.94. The molecule has 22 heavy (non-hydrogen) atoms. The van der Waals surface area contributed by atoms with Gasteiger partial charge >= 0.3 is 0 Å². The van der Waals surface area contributed by atoms with Crippen LogP contribution < -0.4 is 9.80 Å². The van der Waals surface area contributed by atoms with Crippen LogP contribution in [0.3, 0.4) is 0 Å². The quantitative estimate of drug-likeness (QED) is 0.852. The van der Waals surface area contributed by atoms with Gasteiger partial charge in [-0.05, 0) is 39.3 Å². The van der Waals surface area contributed by atoms with Gasteiger partial charge in [0.25, 0.3) is 0 Å². The van der Waals surface area contributed by atoms with E-state index < -0.39 is 0 Å². The van der Waals surface area contributed by atoms with E-state index in [2.05, 4.69) is 36.9 Å². The predicted octanol–water partition coefficient (Wildman–Crippen LogP) is 2.51. The van der Waals surface area contributed by atoms with Gasteiger partial charge in [-0.1, -0.05) is 0 Å². The number of nitrogens with zero attached hydrogens (tertiary/aromatic N) is 5. The molecule has 0 bridgehead atoms. The molecule has 0 amide bonds. The van der Waals surface area contributed by atoms with Gasteiger partial charge in [-0.15, -0.1) is 0 Å². The van der Waals surface area contributed by atoms with E-state index in [0.717, 1.165) is 55.5 Å². The molecule has 116 valence electrons. The smallest absolute Gasteiger partial charge is 0.150 e. The third kappa shape index (κ3) is 3.18. The van der Waals surface area contributed by atoms with Crippen LogP contribution in [0.1, 0.15) is 23.5 Å². The van der Waals surface area contributed by atoms with Crippen molar-refractivity contribution in [2.24, 2.45) is 0 Å². The number of aromatic nitrogens is 3. The third-order valence-corrected chi connectivity index (χ3v) is 4.09. The van der Waals surface area contributed by atoms with E-state index in [-0.39, 0.29) is 0 Å². The molecule has 0 aliphatic carbocycles. The van der Waals surface area contributed by atoms with Crippen LogP contribution >= 0.6 is 0 Å². The summed E-state index contributed by atoms with van der Waals surface area (Å²) in [4.78, 5) is 18.2. The van der Waals surface area contributed by atoms with Gasteiger partial charge in [0.1, 0.15) is 5.82 Å². The fraction of sp³-hybridized carbons (Fsp3) is 0.471. The summed E-state index contributed by atoms with van der Waals surface area (Å²) in [6, 6.07) is 4.26. The number of pyridine rings is 1. The van der Waals surface area contributed by atoms with Crippen molar-refractivity contribution in [2.45, 2.75) is 27.2 Å². The van der Waals surface area contributed by atoms with Crippen LogP contribution in [0.25, 0.3) is 0 Å². The molecule has 2 aromatic heterocycles. The molecule has 0 radical (unpaired) electrons. The molecule has 0 aromatic carbocycles. The first-order chi connectivity index (χ1) is 10.6. The van der Waals surface area contributed by atoms with Crippen LogP contribution in [0, 0.1) is 20.8 Å². The molecule has 5 heteroatoms. The van der Waals surface area contributed by atoms with Crippen molar-refractivity contribution >= 4 is 11.5 Å². The Morgan fingerprint density at radius 1 is 0.909 bits per heavy atom. The maximum absolute atomic E-state index is 4.68. The largest absolute Gasteiger partial charge is 0.370 e. The third-order valence-electron chi connectivity index (χ3n) is 4.09. The summed E-state index contributed by atoms with van der Waals surface area (Å²) in [5, 5.41) is 0. The Bertz CT molecular complexity index is 655. The summed E-state index contributed by atoms with van der Waals surface area (Å²) in [5.41, 5.74) is 4.32. The molecule has 0 unspecified atom stereocenters. The molecule has 1 fully saturated rings. The highest BCUT2D eigenvalue weighted by molar-refractivity contribution is 5.49. The first kappa shape index (κ1) is 14.8. The number of aryl methyl sites for hydroxylation is 3. The highest BCUT2D eigenvalue weighted by atomic mass is 15.3. The second-order valence-corrected chi connectivity index (χ2v) is 5.90. The molecule has 1 aliphatic heterocycles. The van der Waals surface area contributed by atoms with Crippen molar-refractivity contribution < 1.29 is 0 Å². The molecule has 3 heterocycles. The van der Waals surface area contributed by atoms with E-state index in [1.807, 2.05) is 33.2 Å². The standard InChI is InChI=1S/C17H23N5/c1-13-11-16(5-6-18-13)21-7-4-8-22(10-9-21)17-15(3)19-12-14(2)20-17/h5-6,11-12H,4,7-10H2,1-3H3. The Kier molecular flexibility index (Phi) is 4.22. The summed E-state index contributed by atoms with van der Waals surface area (Å²) in [6.45, 7) is 10.1. The zero-order valence-electron chi connectivity index (χ0n) is 13.6. The van der Waals surface area contributed by atoms with Crippen LogP contribution in [0.2, 0.25) is 0 Å². The summed E-state index contributed by atoms with van der Waals surface area (Å²) in [6.07, 6.45) is 4.85. The van der Waals surface area contributed by atoms with E-state index in [0.29, 0.717) is 0 Å². The Balaban J connectivity index is 1.76. The number of hydrogen-bond donors (Lipinski definition) is 0. The Hall–Kier alpha value is -2.17. The van der Waals surface area contributed by atoms with Crippen molar-refractivity contribution in [3.05, 3.63) is 41.6 Å². The lowest BCUT2D eigenvalue weighted by atomic mass is 10.3. The minimum atomic E-state index is 0.973. The van der Waals surface area contributed by atoms with Crippen molar-refractivity contribution in [3.8, 4) is 0 Å². The summed E-state index contributed by atoms with van der Waals surface area (Å²) in [7, 11) is 0. The predicted molar refractivity (Wildman–Crippen MR) is 89.5 cm³/mol. The monoisotopic (exact) mass is 297 g/mol. The van der Waals surface area contributed by atoms with Gasteiger partial charge in [-0.25, -0.2) is 4.98 Å². The van der Waals surface area contributed by atoms with Crippen molar-refractivity contribution in [3.63, 3.8) is 0 Å². The van der Waals surface area contributed by atoms with E-state index in [9.17, 15) is 0 Å². The van der Waals surface area contributed by atoms with Crippen molar-refractivity contribution in [1.29, 1.82) is 0 Å². The molecule has 0 atom stereocenters. The minimum absolute atomic E-state index is 0.973. The van der Waals surface area contributed by atoms with E-state index >= 15 is 0 Å². The molecule has 5 nitrogen and oxygen atoms in total. The second kappa shape index (κ2) is 6.30. The minimum Gasteiger partial charge on any atom is -0.370 e. The van der Waals surface area contributed by atoms with E-state index in [1.165, 1.54) is 5.69 Å².